The fourth-order valence-corrected chi connectivity index (χ4v) is 4.78. The molecule has 0 aliphatic carbocycles. The Morgan fingerprint density at radius 1 is 1.15 bits per heavy atom. The zero-order valence-corrected chi connectivity index (χ0v) is 15.9. The molecule has 2 fully saturated rings. The van der Waals surface area contributed by atoms with E-state index in [2.05, 4.69) is 27.3 Å². The lowest BCUT2D eigenvalue weighted by Gasteiger charge is -2.39. The van der Waals surface area contributed by atoms with Crippen molar-refractivity contribution in [1.82, 2.24) is 15.5 Å². The van der Waals surface area contributed by atoms with Gasteiger partial charge in [-0.15, -0.1) is 0 Å². The van der Waals surface area contributed by atoms with Gasteiger partial charge in [-0.2, -0.15) is 11.8 Å². The number of benzene rings is 1. The van der Waals surface area contributed by atoms with Gasteiger partial charge in [-0.3, -0.25) is 0 Å². The highest BCUT2D eigenvalue weighted by molar-refractivity contribution is 7.99. The number of nitrogens with one attached hydrogen (secondary N) is 2. The lowest BCUT2D eigenvalue weighted by molar-refractivity contribution is 0.135. The van der Waals surface area contributed by atoms with Gasteiger partial charge >= 0.3 is 6.03 Å². The Balaban J connectivity index is 1.35. The molecule has 0 spiro atoms. The number of amides is 2. The summed E-state index contributed by atoms with van der Waals surface area (Å²) >= 11 is 2.05. The van der Waals surface area contributed by atoms with Crippen LogP contribution in [0.4, 0.5) is 4.79 Å². The summed E-state index contributed by atoms with van der Waals surface area (Å²) in [6.45, 7) is 2.25. The molecule has 1 aromatic carbocycles. The Hall–Kier alpha value is -1.44. The normalized spacial score (nSPS) is 21.3. The molecule has 2 amide bonds. The summed E-state index contributed by atoms with van der Waals surface area (Å²) in [7, 11) is 0. The first kappa shape index (κ1) is 19.3. The van der Waals surface area contributed by atoms with Crippen molar-refractivity contribution in [2.24, 2.45) is 0 Å². The van der Waals surface area contributed by atoms with Gasteiger partial charge in [0.05, 0.1) is 6.10 Å². The van der Waals surface area contributed by atoms with E-state index in [4.69, 9.17) is 0 Å². The molecule has 2 aliphatic rings. The van der Waals surface area contributed by atoms with E-state index >= 15 is 0 Å². The van der Waals surface area contributed by atoms with Gasteiger partial charge in [0.25, 0.3) is 0 Å². The molecule has 2 saturated heterocycles. The monoisotopic (exact) mass is 379 g/mol. The second kappa shape index (κ2) is 9.48. The van der Waals surface area contributed by atoms with Crippen LogP contribution in [0.15, 0.2) is 24.3 Å². The highest BCUT2D eigenvalue weighted by Crippen LogP contribution is 2.24. The van der Waals surface area contributed by atoms with Gasteiger partial charge < -0.3 is 25.7 Å². The molecule has 0 bridgehead atoms. The number of thioether (sulfide) groups is 1. The number of aromatic hydroxyl groups is 1. The number of phenolic OH excluding ortho intramolecular Hbond substituents is 1. The first-order chi connectivity index (χ1) is 12.6. The van der Waals surface area contributed by atoms with Crippen LogP contribution < -0.4 is 10.6 Å². The first-order valence-corrected chi connectivity index (χ1v) is 10.6. The van der Waals surface area contributed by atoms with Crippen molar-refractivity contribution in [3.63, 3.8) is 0 Å². The van der Waals surface area contributed by atoms with Crippen LogP contribution in [0.25, 0.3) is 0 Å². The number of piperidine rings is 1. The second-order valence-electron chi connectivity index (χ2n) is 7.12. The van der Waals surface area contributed by atoms with Gasteiger partial charge in [0, 0.05) is 31.7 Å². The second-order valence-corrected chi connectivity index (χ2v) is 8.34. The van der Waals surface area contributed by atoms with Crippen molar-refractivity contribution in [2.45, 2.75) is 43.9 Å². The van der Waals surface area contributed by atoms with Crippen molar-refractivity contribution in [3.05, 3.63) is 29.8 Å². The Morgan fingerprint density at radius 3 is 2.46 bits per heavy atom. The molecule has 0 radical (unpaired) electrons. The number of nitrogens with zero attached hydrogens (tertiary/aromatic N) is 1. The number of urea groups is 1. The topological polar surface area (TPSA) is 84.8 Å². The predicted octanol–water partition coefficient (Wildman–Crippen LogP) is 2.08. The van der Waals surface area contributed by atoms with E-state index in [1.54, 1.807) is 12.1 Å². The van der Waals surface area contributed by atoms with Gasteiger partial charge in [-0.1, -0.05) is 12.1 Å². The van der Waals surface area contributed by atoms with Gasteiger partial charge in [0.2, 0.25) is 0 Å². The minimum Gasteiger partial charge on any atom is -0.508 e. The average Bonchev–Trinajstić information content (AvgIpc) is 2.68. The standard InChI is InChI=1S/C19H29N3O3S/c23-17-3-1-14(2-4-17)18(24)13-20-19(25)21-15-5-9-22(10-6-15)16-7-11-26-12-8-16/h1-4,15-16,18,23-24H,5-13H2,(H2,20,21,25)/t18-/m1/s1. The van der Waals surface area contributed by atoms with E-state index in [-0.39, 0.29) is 24.4 Å². The molecule has 2 aliphatic heterocycles. The van der Waals surface area contributed by atoms with Crippen LogP contribution in [-0.4, -0.2) is 64.4 Å². The van der Waals surface area contributed by atoms with Crippen LogP contribution in [0.3, 0.4) is 0 Å². The maximum atomic E-state index is 12.1. The number of carbonyl (C=O) groups is 1. The van der Waals surface area contributed by atoms with E-state index in [0.29, 0.717) is 5.56 Å². The van der Waals surface area contributed by atoms with E-state index in [9.17, 15) is 15.0 Å². The molecular weight excluding hydrogens is 350 g/mol. The highest BCUT2D eigenvalue weighted by atomic mass is 32.2. The predicted molar refractivity (Wildman–Crippen MR) is 105 cm³/mol. The Kier molecular flexibility index (Phi) is 7.05. The zero-order valence-electron chi connectivity index (χ0n) is 15.1. The minimum absolute atomic E-state index is 0.148. The third kappa shape index (κ3) is 5.53. The number of carbonyl (C=O) groups excluding carboxylic acids is 1. The molecule has 1 aromatic rings. The lowest BCUT2D eigenvalue weighted by atomic mass is 10.0. The minimum atomic E-state index is -0.785. The molecule has 2 heterocycles. The summed E-state index contributed by atoms with van der Waals surface area (Å²) < 4.78 is 0. The molecular formula is C19H29N3O3S. The number of hydrogen-bond donors (Lipinski definition) is 4. The molecule has 3 rings (SSSR count). The van der Waals surface area contributed by atoms with E-state index in [1.165, 1.54) is 36.5 Å². The zero-order chi connectivity index (χ0) is 18.4. The fraction of sp³-hybridized carbons (Fsp3) is 0.632. The summed E-state index contributed by atoms with van der Waals surface area (Å²) in [4.78, 5) is 14.7. The van der Waals surface area contributed by atoms with Crippen molar-refractivity contribution < 1.29 is 15.0 Å². The quantitative estimate of drug-likeness (QED) is 0.630. The van der Waals surface area contributed by atoms with Crippen molar-refractivity contribution in [3.8, 4) is 5.75 Å². The molecule has 7 heteroatoms. The van der Waals surface area contributed by atoms with Crippen LogP contribution in [0, 0.1) is 0 Å². The third-order valence-electron chi connectivity index (χ3n) is 5.31. The fourth-order valence-electron chi connectivity index (χ4n) is 3.70. The Morgan fingerprint density at radius 2 is 1.81 bits per heavy atom. The molecule has 26 heavy (non-hydrogen) atoms. The number of hydrogen-bond acceptors (Lipinski definition) is 5. The smallest absolute Gasteiger partial charge is 0.315 e. The van der Waals surface area contributed by atoms with E-state index < -0.39 is 6.10 Å². The molecule has 0 aromatic heterocycles. The van der Waals surface area contributed by atoms with Crippen molar-refractivity contribution in [2.75, 3.05) is 31.1 Å². The van der Waals surface area contributed by atoms with Crippen LogP contribution in [0.1, 0.15) is 37.4 Å². The number of aliphatic hydroxyl groups is 1. The summed E-state index contributed by atoms with van der Waals surface area (Å²) in [5.74, 6) is 2.70. The van der Waals surface area contributed by atoms with E-state index in [0.717, 1.165) is 32.0 Å². The first-order valence-electron chi connectivity index (χ1n) is 9.45. The van der Waals surface area contributed by atoms with Crippen molar-refractivity contribution >= 4 is 17.8 Å². The molecule has 144 valence electrons. The van der Waals surface area contributed by atoms with Crippen molar-refractivity contribution in [1.29, 1.82) is 0 Å². The maximum Gasteiger partial charge on any atom is 0.315 e. The highest BCUT2D eigenvalue weighted by Gasteiger charge is 2.27. The van der Waals surface area contributed by atoms with Crippen LogP contribution in [-0.2, 0) is 0 Å². The number of aliphatic hydroxyl groups excluding tert-OH is 1. The summed E-state index contributed by atoms with van der Waals surface area (Å²) in [5.41, 5.74) is 0.669. The largest absolute Gasteiger partial charge is 0.508 e. The summed E-state index contributed by atoms with van der Waals surface area (Å²) in [6, 6.07) is 7.06. The SMILES string of the molecule is O=C(NC[C@@H](O)c1ccc(O)cc1)NC1CCN(C2CCSCC2)CC1. The van der Waals surface area contributed by atoms with Crippen LogP contribution in [0.2, 0.25) is 0 Å². The summed E-state index contributed by atoms with van der Waals surface area (Å²) in [6.07, 6.45) is 3.76. The molecule has 0 unspecified atom stereocenters. The van der Waals surface area contributed by atoms with Crippen LogP contribution in [0.5, 0.6) is 5.75 Å². The summed E-state index contributed by atoms with van der Waals surface area (Å²) in [5, 5.41) is 25.2. The van der Waals surface area contributed by atoms with E-state index in [1.807, 2.05) is 0 Å². The van der Waals surface area contributed by atoms with Crippen LogP contribution >= 0.6 is 11.8 Å². The number of rotatable bonds is 5. The molecule has 6 nitrogen and oxygen atoms in total. The maximum absolute atomic E-state index is 12.1. The third-order valence-corrected chi connectivity index (χ3v) is 6.35. The lowest BCUT2D eigenvalue weighted by Crippen LogP contribution is -2.51. The molecule has 4 N–H and O–H groups in total. The Bertz CT molecular complexity index is 570. The number of phenols is 1. The van der Waals surface area contributed by atoms with Gasteiger partial charge in [0.15, 0.2) is 0 Å². The molecule has 1 atom stereocenters. The van der Waals surface area contributed by atoms with Gasteiger partial charge in [-0.05, 0) is 54.9 Å². The average molecular weight is 380 g/mol. The van der Waals surface area contributed by atoms with Gasteiger partial charge in [-0.25, -0.2) is 4.79 Å². The van der Waals surface area contributed by atoms with Gasteiger partial charge in [0.1, 0.15) is 5.75 Å². The number of likely N-dealkylation sites (tertiary alicyclic amines) is 1. The molecule has 0 saturated carbocycles. The Labute approximate surface area is 159 Å².